The quantitative estimate of drug-likeness (QED) is 0.890. The average Bonchev–Trinajstić information content (AvgIpc) is 2.70. The number of fused-ring (bicyclic) bond motifs is 1. The molecule has 1 heterocycles. The molecule has 0 bridgehead atoms. The van der Waals surface area contributed by atoms with Crippen LogP contribution in [0.4, 0.5) is 0 Å². The first-order chi connectivity index (χ1) is 9.66. The van der Waals surface area contributed by atoms with Crippen LogP contribution in [-0.2, 0) is 17.9 Å². The Balaban J connectivity index is 2.29. The summed E-state index contributed by atoms with van der Waals surface area (Å²) in [4.78, 5) is 0. The van der Waals surface area contributed by atoms with E-state index in [-0.39, 0.29) is 11.1 Å². The summed E-state index contributed by atoms with van der Waals surface area (Å²) in [5.74, 6) is 0.919. The second kappa shape index (κ2) is 5.82. The number of benzene rings is 1. The first kappa shape index (κ1) is 16.1. The van der Waals surface area contributed by atoms with E-state index in [1.165, 1.54) is 10.9 Å². The van der Waals surface area contributed by atoms with Gasteiger partial charge in [0.2, 0.25) is 0 Å². The van der Waals surface area contributed by atoms with Crippen LogP contribution in [0.25, 0.3) is 11.0 Å². The average molecular weight is 289 g/mol. The number of ether oxygens (including phenoxy) is 1. The van der Waals surface area contributed by atoms with Gasteiger partial charge >= 0.3 is 0 Å². The van der Waals surface area contributed by atoms with Gasteiger partial charge in [-0.3, -0.25) is 0 Å². The fourth-order valence-corrected chi connectivity index (χ4v) is 2.10. The summed E-state index contributed by atoms with van der Waals surface area (Å²) in [5.41, 5.74) is 2.02. The minimum absolute atomic E-state index is 0.0700. The Bertz CT molecular complexity index is 600. The molecule has 0 aliphatic carbocycles. The Morgan fingerprint density at radius 1 is 1.05 bits per heavy atom. The van der Waals surface area contributed by atoms with Crippen molar-refractivity contribution in [2.75, 3.05) is 0 Å². The molecule has 0 spiro atoms. The third-order valence-electron chi connectivity index (χ3n) is 3.21. The number of para-hydroxylation sites is 1. The van der Waals surface area contributed by atoms with Crippen molar-refractivity contribution in [1.82, 2.24) is 5.32 Å². The zero-order valence-corrected chi connectivity index (χ0v) is 14.0. The van der Waals surface area contributed by atoms with Gasteiger partial charge in [0.1, 0.15) is 18.0 Å². The molecule has 0 aliphatic rings. The fraction of sp³-hybridized carbons (Fsp3) is 0.556. The Hall–Kier alpha value is -1.32. The molecule has 0 saturated carbocycles. The lowest BCUT2D eigenvalue weighted by Gasteiger charge is -2.22. The summed E-state index contributed by atoms with van der Waals surface area (Å²) in [6.07, 6.45) is 0. The lowest BCUT2D eigenvalue weighted by atomic mass is 10.1. The molecule has 0 aliphatic heterocycles. The molecule has 0 saturated heterocycles. The Morgan fingerprint density at radius 2 is 1.71 bits per heavy atom. The van der Waals surface area contributed by atoms with Crippen LogP contribution in [-0.4, -0.2) is 11.1 Å². The third-order valence-corrected chi connectivity index (χ3v) is 3.21. The van der Waals surface area contributed by atoms with Crippen molar-refractivity contribution < 1.29 is 9.15 Å². The largest absolute Gasteiger partial charge is 0.458 e. The van der Waals surface area contributed by atoms with Crippen LogP contribution in [0.3, 0.4) is 0 Å². The van der Waals surface area contributed by atoms with Gasteiger partial charge in [-0.15, -0.1) is 0 Å². The van der Waals surface area contributed by atoms with Gasteiger partial charge in [0.15, 0.2) is 0 Å². The first-order valence-corrected chi connectivity index (χ1v) is 7.54. The number of hydrogen-bond donors (Lipinski definition) is 1. The molecule has 0 fully saturated rings. The van der Waals surface area contributed by atoms with Crippen LogP contribution in [0, 0.1) is 0 Å². The van der Waals surface area contributed by atoms with Gasteiger partial charge in [-0.05, 0) is 47.6 Å². The normalized spacial score (nSPS) is 13.0. The van der Waals surface area contributed by atoms with Crippen molar-refractivity contribution in [2.45, 2.75) is 65.8 Å². The summed E-state index contributed by atoms with van der Waals surface area (Å²) in [6.45, 7) is 14.0. The van der Waals surface area contributed by atoms with Crippen LogP contribution in [0.5, 0.6) is 0 Å². The molecule has 0 radical (unpaired) electrons. The minimum Gasteiger partial charge on any atom is -0.458 e. The van der Waals surface area contributed by atoms with Crippen LogP contribution in [0.15, 0.2) is 28.7 Å². The molecule has 0 atom stereocenters. The molecular weight excluding hydrogens is 262 g/mol. The first-order valence-electron chi connectivity index (χ1n) is 7.54. The summed E-state index contributed by atoms with van der Waals surface area (Å²) in [7, 11) is 0. The molecule has 2 rings (SSSR count). The molecule has 1 aromatic carbocycles. The zero-order valence-electron chi connectivity index (χ0n) is 14.0. The lowest BCUT2D eigenvalue weighted by Crippen LogP contribution is -2.35. The molecule has 116 valence electrons. The van der Waals surface area contributed by atoms with E-state index in [1.54, 1.807) is 0 Å². The van der Waals surface area contributed by atoms with Crippen molar-refractivity contribution in [3.8, 4) is 0 Å². The van der Waals surface area contributed by atoms with Crippen molar-refractivity contribution in [3.63, 3.8) is 0 Å². The van der Waals surface area contributed by atoms with Crippen molar-refractivity contribution in [2.24, 2.45) is 0 Å². The number of hydrogen-bond acceptors (Lipinski definition) is 3. The zero-order chi connectivity index (χ0) is 15.7. The second-order valence-electron chi connectivity index (χ2n) is 7.50. The number of furan rings is 1. The fourth-order valence-electron chi connectivity index (χ4n) is 2.10. The summed E-state index contributed by atoms with van der Waals surface area (Å²) in [5, 5.41) is 4.71. The van der Waals surface area contributed by atoms with E-state index >= 15 is 0 Å². The summed E-state index contributed by atoms with van der Waals surface area (Å²) in [6, 6.07) is 8.17. The SMILES string of the molecule is CC(C)(C)NCc1c(COC(C)(C)C)oc2ccccc12. The number of rotatable bonds is 4. The van der Waals surface area contributed by atoms with Gasteiger partial charge in [-0.2, -0.15) is 0 Å². The topological polar surface area (TPSA) is 34.4 Å². The molecule has 3 heteroatoms. The second-order valence-corrected chi connectivity index (χ2v) is 7.50. The smallest absolute Gasteiger partial charge is 0.135 e. The van der Waals surface area contributed by atoms with Crippen LogP contribution < -0.4 is 5.32 Å². The Labute approximate surface area is 127 Å². The highest BCUT2D eigenvalue weighted by Gasteiger charge is 2.19. The van der Waals surface area contributed by atoms with E-state index < -0.39 is 0 Å². The van der Waals surface area contributed by atoms with E-state index in [4.69, 9.17) is 9.15 Å². The van der Waals surface area contributed by atoms with Gasteiger partial charge in [-0.25, -0.2) is 0 Å². The molecule has 0 amide bonds. The minimum atomic E-state index is -0.173. The molecular formula is C18H27NO2. The van der Waals surface area contributed by atoms with Gasteiger partial charge < -0.3 is 14.5 Å². The molecule has 0 unspecified atom stereocenters. The van der Waals surface area contributed by atoms with E-state index in [9.17, 15) is 0 Å². The van der Waals surface area contributed by atoms with Crippen LogP contribution in [0.1, 0.15) is 52.9 Å². The van der Waals surface area contributed by atoms with E-state index in [2.05, 4.69) is 52.9 Å². The van der Waals surface area contributed by atoms with Gasteiger partial charge in [-0.1, -0.05) is 18.2 Å². The Morgan fingerprint density at radius 3 is 2.33 bits per heavy atom. The van der Waals surface area contributed by atoms with Crippen LogP contribution >= 0.6 is 0 Å². The molecule has 1 aromatic heterocycles. The highest BCUT2D eigenvalue weighted by atomic mass is 16.5. The monoisotopic (exact) mass is 289 g/mol. The molecule has 3 nitrogen and oxygen atoms in total. The van der Waals surface area contributed by atoms with Gasteiger partial charge in [0, 0.05) is 23.0 Å². The van der Waals surface area contributed by atoms with Crippen LogP contribution in [0.2, 0.25) is 0 Å². The van der Waals surface area contributed by atoms with E-state index in [0.717, 1.165) is 17.9 Å². The summed E-state index contributed by atoms with van der Waals surface area (Å²) < 4.78 is 11.9. The summed E-state index contributed by atoms with van der Waals surface area (Å²) >= 11 is 0. The van der Waals surface area contributed by atoms with Crippen molar-refractivity contribution >= 4 is 11.0 Å². The molecule has 2 aromatic rings. The maximum absolute atomic E-state index is 5.99. The highest BCUT2D eigenvalue weighted by molar-refractivity contribution is 5.82. The maximum Gasteiger partial charge on any atom is 0.135 e. The third kappa shape index (κ3) is 4.58. The highest BCUT2D eigenvalue weighted by Crippen LogP contribution is 2.28. The van der Waals surface area contributed by atoms with Gasteiger partial charge in [0.25, 0.3) is 0 Å². The Kier molecular flexibility index (Phi) is 4.45. The van der Waals surface area contributed by atoms with Gasteiger partial charge in [0.05, 0.1) is 5.60 Å². The molecule has 21 heavy (non-hydrogen) atoms. The maximum atomic E-state index is 5.99. The standard InChI is InChI=1S/C18H27NO2/c1-17(2,3)19-11-14-13-9-7-8-10-15(13)21-16(14)12-20-18(4,5)6/h7-10,19H,11-12H2,1-6H3. The predicted molar refractivity (Wildman–Crippen MR) is 87.3 cm³/mol. The van der Waals surface area contributed by atoms with E-state index in [1.807, 2.05) is 18.2 Å². The van der Waals surface area contributed by atoms with E-state index in [0.29, 0.717) is 6.61 Å². The lowest BCUT2D eigenvalue weighted by molar-refractivity contribution is -0.0223. The number of nitrogens with one attached hydrogen (secondary N) is 1. The predicted octanol–water partition coefficient (Wildman–Crippen LogP) is 4.64. The molecule has 1 N–H and O–H groups in total. The van der Waals surface area contributed by atoms with Crippen molar-refractivity contribution in [3.05, 3.63) is 35.6 Å². The van der Waals surface area contributed by atoms with Crippen molar-refractivity contribution in [1.29, 1.82) is 0 Å².